The number of hydrogen-bond donors (Lipinski definition) is 1. The number of ether oxygens (including phenoxy) is 2. The molecule has 1 heterocycles. The fourth-order valence-corrected chi connectivity index (χ4v) is 4.49. The number of morpholine rings is 1. The van der Waals surface area contributed by atoms with Gasteiger partial charge in [-0.05, 0) is 83.6 Å². The second kappa shape index (κ2) is 14.0. The van der Waals surface area contributed by atoms with Crippen molar-refractivity contribution in [2.45, 2.75) is 25.9 Å². The number of aryl methyl sites for hydroxylation is 2. The maximum atomic E-state index is 13.2. The minimum absolute atomic E-state index is 0.0541. The molecule has 3 aromatic carbocycles. The van der Waals surface area contributed by atoms with Gasteiger partial charge in [0.15, 0.2) is 0 Å². The molecular formula is C33H32F3NO4. The molecule has 0 saturated carbocycles. The van der Waals surface area contributed by atoms with Gasteiger partial charge in [-0.3, -0.25) is 9.69 Å². The van der Waals surface area contributed by atoms with E-state index in [1.807, 2.05) is 49.4 Å². The molecule has 5 nitrogen and oxygen atoms in total. The Hall–Kier alpha value is -4.06. The van der Waals surface area contributed by atoms with Crippen LogP contribution in [0.3, 0.4) is 0 Å². The number of nitrogens with zero attached hydrogens (tertiary/aromatic N) is 1. The summed E-state index contributed by atoms with van der Waals surface area (Å²) in [6.45, 7) is 5.92. The zero-order chi connectivity index (χ0) is 29.2. The summed E-state index contributed by atoms with van der Waals surface area (Å²) in [4.78, 5) is 13.1. The lowest BCUT2D eigenvalue weighted by molar-refractivity contribution is -0.138. The van der Waals surface area contributed by atoms with Crippen LogP contribution in [0.5, 0.6) is 5.75 Å². The molecule has 0 unspecified atom stereocenters. The molecule has 1 saturated heterocycles. The van der Waals surface area contributed by atoms with E-state index in [-0.39, 0.29) is 13.0 Å². The van der Waals surface area contributed by atoms with Crippen LogP contribution >= 0.6 is 0 Å². The van der Waals surface area contributed by atoms with E-state index in [4.69, 9.17) is 14.6 Å². The molecule has 1 N–H and O–H groups in total. The van der Waals surface area contributed by atoms with Crippen molar-refractivity contribution in [2.24, 2.45) is 0 Å². The van der Waals surface area contributed by atoms with Crippen LogP contribution in [-0.2, 0) is 22.1 Å². The lowest BCUT2D eigenvalue weighted by atomic mass is 9.96. The summed E-state index contributed by atoms with van der Waals surface area (Å²) >= 11 is 0. The lowest BCUT2D eigenvalue weighted by Gasteiger charge is -2.24. The maximum absolute atomic E-state index is 13.2. The van der Waals surface area contributed by atoms with Crippen molar-refractivity contribution in [1.82, 2.24) is 4.90 Å². The average molecular weight is 564 g/mol. The third kappa shape index (κ3) is 8.97. The third-order valence-corrected chi connectivity index (χ3v) is 6.82. The Morgan fingerprint density at radius 2 is 1.68 bits per heavy atom. The van der Waals surface area contributed by atoms with Gasteiger partial charge in [0, 0.05) is 25.1 Å². The summed E-state index contributed by atoms with van der Waals surface area (Å²) in [6, 6.07) is 18.2. The van der Waals surface area contributed by atoms with Crippen molar-refractivity contribution in [3.8, 4) is 17.6 Å². The molecule has 4 rings (SSSR count). The van der Waals surface area contributed by atoms with Gasteiger partial charge in [-0.1, -0.05) is 42.2 Å². The number of aliphatic carboxylic acids is 1. The standard InChI is InChI=1S/C33H32F3NO4/c1-24-23-30(14-10-26(24)11-15-32(38)39)41-20-16-31(28-8-12-29(13-9-28)33(34,35)36)27-6-4-25(5-7-27)3-2-17-37-18-21-40-22-19-37/h4-10,12-14,16,23H,11,15,17-22H2,1H3,(H,38,39). The molecule has 0 atom stereocenters. The average Bonchev–Trinajstić information content (AvgIpc) is 2.95. The number of carboxylic acid groups (broad SMARTS) is 1. The van der Waals surface area contributed by atoms with Crippen LogP contribution in [0.25, 0.3) is 5.57 Å². The highest BCUT2D eigenvalue weighted by molar-refractivity contribution is 5.80. The van der Waals surface area contributed by atoms with Gasteiger partial charge in [0.1, 0.15) is 12.4 Å². The topological polar surface area (TPSA) is 59.0 Å². The maximum Gasteiger partial charge on any atom is 0.416 e. The molecule has 214 valence electrons. The molecule has 8 heteroatoms. The summed E-state index contributed by atoms with van der Waals surface area (Å²) in [5.41, 5.74) is 4.21. The molecule has 0 aromatic heterocycles. The molecule has 0 bridgehead atoms. The van der Waals surface area contributed by atoms with E-state index in [0.717, 1.165) is 66.3 Å². The van der Waals surface area contributed by atoms with Gasteiger partial charge in [0.05, 0.1) is 25.3 Å². The van der Waals surface area contributed by atoms with E-state index < -0.39 is 17.7 Å². The van der Waals surface area contributed by atoms with Crippen molar-refractivity contribution in [2.75, 3.05) is 39.5 Å². The van der Waals surface area contributed by atoms with E-state index in [1.54, 1.807) is 6.07 Å². The van der Waals surface area contributed by atoms with Crippen LogP contribution in [0.15, 0.2) is 72.8 Å². The highest BCUT2D eigenvalue weighted by atomic mass is 19.4. The van der Waals surface area contributed by atoms with E-state index in [0.29, 0.717) is 24.3 Å². The Labute approximate surface area is 238 Å². The summed E-state index contributed by atoms with van der Waals surface area (Å²) in [7, 11) is 0. The number of benzene rings is 3. The van der Waals surface area contributed by atoms with Gasteiger partial charge in [0.2, 0.25) is 0 Å². The Bertz CT molecular complexity index is 1410. The summed E-state index contributed by atoms with van der Waals surface area (Å²) < 4.78 is 50.8. The third-order valence-electron chi connectivity index (χ3n) is 6.82. The second-order valence-corrected chi connectivity index (χ2v) is 9.75. The number of alkyl halides is 3. The molecule has 0 spiro atoms. The number of halogens is 3. The van der Waals surface area contributed by atoms with Crippen LogP contribution in [-0.4, -0.2) is 55.4 Å². The van der Waals surface area contributed by atoms with Crippen molar-refractivity contribution in [3.63, 3.8) is 0 Å². The normalized spacial score (nSPS) is 14.3. The smallest absolute Gasteiger partial charge is 0.416 e. The molecular weight excluding hydrogens is 531 g/mol. The first-order valence-electron chi connectivity index (χ1n) is 13.4. The zero-order valence-electron chi connectivity index (χ0n) is 22.8. The molecule has 0 aliphatic carbocycles. The predicted octanol–water partition coefficient (Wildman–Crippen LogP) is 6.23. The van der Waals surface area contributed by atoms with Crippen LogP contribution in [0.1, 0.15) is 39.8 Å². The van der Waals surface area contributed by atoms with Gasteiger partial charge in [0.25, 0.3) is 0 Å². The quantitative estimate of drug-likeness (QED) is 0.313. The minimum Gasteiger partial charge on any atom is -0.490 e. The van der Waals surface area contributed by atoms with Crippen LogP contribution in [0.4, 0.5) is 13.2 Å². The Morgan fingerprint density at radius 1 is 1.02 bits per heavy atom. The first-order chi connectivity index (χ1) is 19.7. The first kappa shape index (κ1) is 29.9. The van der Waals surface area contributed by atoms with E-state index >= 15 is 0 Å². The van der Waals surface area contributed by atoms with Crippen LogP contribution in [0.2, 0.25) is 0 Å². The highest BCUT2D eigenvalue weighted by Gasteiger charge is 2.30. The van der Waals surface area contributed by atoms with Crippen LogP contribution in [0, 0.1) is 18.8 Å². The molecule has 3 aromatic rings. The second-order valence-electron chi connectivity index (χ2n) is 9.75. The molecule has 1 fully saturated rings. The Kier molecular flexibility index (Phi) is 10.2. The van der Waals surface area contributed by atoms with Gasteiger partial charge < -0.3 is 14.6 Å². The molecule has 0 radical (unpaired) electrons. The first-order valence-corrected chi connectivity index (χ1v) is 13.4. The summed E-state index contributed by atoms with van der Waals surface area (Å²) in [5, 5.41) is 8.93. The number of hydrogen-bond acceptors (Lipinski definition) is 4. The Balaban J connectivity index is 1.51. The molecule has 41 heavy (non-hydrogen) atoms. The molecule has 1 aliphatic rings. The minimum atomic E-state index is -4.42. The monoisotopic (exact) mass is 563 g/mol. The number of rotatable bonds is 9. The summed E-state index contributed by atoms with van der Waals surface area (Å²) in [5.74, 6) is 6.15. The Morgan fingerprint density at radius 3 is 2.29 bits per heavy atom. The SMILES string of the molecule is Cc1cc(OCC=C(c2ccc(C#CCN3CCOCC3)cc2)c2ccc(C(F)(F)F)cc2)ccc1CCC(=O)O. The number of carboxylic acids is 1. The van der Waals surface area contributed by atoms with E-state index in [1.165, 1.54) is 12.1 Å². The van der Waals surface area contributed by atoms with E-state index in [2.05, 4.69) is 16.7 Å². The highest BCUT2D eigenvalue weighted by Crippen LogP contribution is 2.31. The number of carbonyl (C=O) groups is 1. The van der Waals surface area contributed by atoms with Gasteiger partial charge >= 0.3 is 12.1 Å². The molecule has 0 amide bonds. The van der Waals surface area contributed by atoms with Crippen molar-refractivity contribution >= 4 is 11.5 Å². The lowest BCUT2D eigenvalue weighted by Crippen LogP contribution is -2.36. The van der Waals surface area contributed by atoms with Gasteiger partial charge in [-0.15, -0.1) is 0 Å². The van der Waals surface area contributed by atoms with Gasteiger partial charge in [-0.25, -0.2) is 0 Å². The predicted molar refractivity (Wildman–Crippen MR) is 152 cm³/mol. The molecule has 1 aliphatic heterocycles. The largest absolute Gasteiger partial charge is 0.490 e. The van der Waals surface area contributed by atoms with E-state index in [9.17, 15) is 18.0 Å². The van der Waals surface area contributed by atoms with Crippen LogP contribution < -0.4 is 4.74 Å². The fourth-order valence-electron chi connectivity index (χ4n) is 4.49. The zero-order valence-corrected chi connectivity index (χ0v) is 22.8. The fraction of sp³-hybridized carbons (Fsp3) is 0.303. The van der Waals surface area contributed by atoms with Gasteiger partial charge in [-0.2, -0.15) is 13.2 Å². The summed E-state index contributed by atoms with van der Waals surface area (Å²) in [6.07, 6.45) is -2.08. The van der Waals surface area contributed by atoms with Crippen molar-refractivity contribution in [1.29, 1.82) is 0 Å². The van der Waals surface area contributed by atoms with Crippen molar-refractivity contribution in [3.05, 3.63) is 106 Å². The van der Waals surface area contributed by atoms with Crippen molar-refractivity contribution < 1.29 is 32.5 Å².